The summed E-state index contributed by atoms with van der Waals surface area (Å²) in [4.78, 5) is 13.4. The highest BCUT2D eigenvalue weighted by atomic mass is 16.2. The molecule has 1 fully saturated rings. The lowest BCUT2D eigenvalue weighted by molar-refractivity contribution is -0.132. The Morgan fingerprint density at radius 2 is 2.17 bits per heavy atom. The Kier molecular flexibility index (Phi) is 2.73. The molecule has 0 unspecified atom stereocenters. The number of rotatable bonds is 1. The van der Waals surface area contributed by atoms with Crippen LogP contribution in [0.4, 0.5) is 0 Å². The van der Waals surface area contributed by atoms with Crippen LogP contribution >= 0.6 is 0 Å². The van der Waals surface area contributed by atoms with E-state index in [1.54, 1.807) is 0 Å². The van der Waals surface area contributed by atoms with E-state index < -0.39 is 0 Å². The molecule has 0 aliphatic carbocycles. The summed E-state index contributed by atoms with van der Waals surface area (Å²) in [7, 11) is 0. The maximum atomic E-state index is 11.5. The fourth-order valence-electron chi connectivity index (χ4n) is 1.29. The Bertz CT molecular complexity index is 166. The molecule has 0 atom stereocenters. The van der Waals surface area contributed by atoms with E-state index in [1.165, 1.54) is 0 Å². The van der Waals surface area contributed by atoms with Crippen LogP contribution in [-0.2, 0) is 4.79 Å². The van der Waals surface area contributed by atoms with E-state index >= 15 is 0 Å². The lowest BCUT2D eigenvalue weighted by atomic mass is 9.92. The van der Waals surface area contributed by atoms with Crippen molar-refractivity contribution in [1.82, 2.24) is 10.2 Å². The molecular formula is C9H18N2O. The molecule has 70 valence electrons. The lowest BCUT2D eigenvalue weighted by Crippen LogP contribution is -2.32. The Balaban J connectivity index is 2.37. The van der Waals surface area contributed by atoms with E-state index in [-0.39, 0.29) is 11.3 Å². The number of amides is 1. The Hall–Kier alpha value is -0.570. The summed E-state index contributed by atoms with van der Waals surface area (Å²) in [5, 5.41) is 3.14. The quantitative estimate of drug-likeness (QED) is 0.631. The molecule has 0 aromatic heterocycles. The summed E-state index contributed by atoms with van der Waals surface area (Å²) >= 11 is 0. The van der Waals surface area contributed by atoms with Crippen LogP contribution in [0.5, 0.6) is 0 Å². The smallest absolute Gasteiger partial charge is 0.224 e. The van der Waals surface area contributed by atoms with Gasteiger partial charge >= 0.3 is 0 Å². The Morgan fingerprint density at radius 3 is 2.58 bits per heavy atom. The summed E-state index contributed by atoms with van der Waals surface area (Å²) in [6.07, 6.45) is 0.647. The van der Waals surface area contributed by atoms with Crippen LogP contribution in [0.3, 0.4) is 0 Å². The molecule has 0 aromatic rings. The second-order valence-corrected chi connectivity index (χ2v) is 4.55. The number of carbonyl (C=O) groups excluding carboxylic acids is 1. The maximum absolute atomic E-state index is 11.5. The number of carbonyl (C=O) groups is 1. The molecule has 12 heavy (non-hydrogen) atoms. The normalized spacial score (nSPS) is 18.4. The van der Waals surface area contributed by atoms with Gasteiger partial charge in [0.2, 0.25) is 5.91 Å². The molecule has 0 bridgehead atoms. The molecule has 1 saturated heterocycles. The second kappa shape index (κ2) is 3.44. The zero-order valence-electron chi connectivity index (χ0n) is 8.18. The monoisotopic (exact) mass is 170 g/mol. The van der Waals surface area contributed by atoms with Gasteiger partial charge in [-0.05, 0) is 5.41 Å². The number of hydrogen-bond donors (Lipinski definition) is 1. The van der Waals surface area contributed by atoms with Crippen molar-refractivity contribution in [3.05, 3.63) is 0 Å². The molecule has 1 N–H and O–H groups in total. The highest BCUT2D eigenvalue weighted by molar-refractivity contribution is 5.77. The Labute approximate surface area is 74.1 Å². The van der Waals surface area contributed by atoms with E-state index in [0.717, 1.165) is 19.8 Å². The van der Waals surface area contributed by atoms with Gasteiger partial charge in [0.1, 0.15) is 0 Å². The summed E-state index contributed by atoms with van der Waals surface area (Å²) in [6, 6.07) is 0. The summed E-state index contributed by atoms with van der Waals surface area (Å²) in [5.74, 6) is 0.271. The minimum Gasteiger partial charge on any atom is -0.329 e. The number of hydrogen-bond acceptors (Lipinski definition) is 2. The molecule has 0 aromatic carbocycles. The van der Waals surface area contributed by atoms with Gasteiger partial charge in [-0.1, -0.05) is 20.8 Å². The minimum absolute atomic E-state index is 0.111. The van der Waals surface area contributed by atoms with Crippen LogP contribution in [0, 0.1) is 5.41 Å². The van der Waals surface area contributed by atoms with Gasteiger partial charge in [-0.25, -0.2) is 0 Å². The van der Waals surface area contributed by atoms with Crippen molar-refractivity contribution in [1.29, 1.82) is 0 Å². The highest BCUT2D eigenvalue weighted by Crippen LogP contribution is 2.19. The van der Waals surface area contributed by atoms with Crippen LogP contribution in [0.15, 0.2) is 0 Å². The van der Waals surface area contributed by atoms with Gasteiger partial charge in [-0.15, -0.1) is 0 Å². The molecule has 3 nitrogen and oxygen atoms in total. The molecule has 0 radical (unpaired) electrons. The zero-order valence-corrected chi connectivity index (χ0v) is 8.18. The lowest BCUT2D eigenvalue weighted by Gasteiger charge is -2.21. The predicted octanol–water partition coefficient (Wildman–Crippen LogP) is 0.812. The first kappa shape index (κ1) is 9.52. The third-order valence-corrected chi connectivity index (χ3v) is 1.90. The molecule has 1 aliphatic heterocycles. The SMILES string of the molecule is CC(C)(C)CC(=O)N1CCNC1. The first-order chi connectivity index (χ1) is 5.49. The highest BCUT2D eigenvalue weighted by Gasteiger charge is 2.22. The van der Waals surface area contributed by atoms with Crippen molar-refractivity contribution in [2.75, 3.05) is 19.8 Å². The zero-order chi connectivity index (χ0) is 9.19. The molecule has 0 spiro atoms. The van der Waals surface area contributed by atoms with Gasteiger partial charge in [0.15, 0.2) is 0 Å². The van der Waals surface area contributed by atoms with Crippen molar-refractivity contribution in [3.63, 3.8) is 0 Å². The summed E-state index contributed by atoms with van der Waals surface area (Å²) in [6.45, 7) is 8.82. The van der Waals surface area contributed by atoms with Crippen molar-refractivity contribution in [2.45, 2.75) is 27.2 Å². The fourth-order valence-corrected chi connectivity index (χ4v) is 1.29. The average Bonchev–Trinajstić information content (AvgIpc) is 2.32. The van der Waals surface area contributed by atoms with Crippen LogP contribution in [-0.4, -0.2) is 30.6 Å². The first-order valence-electron chi connectivity index (χ1n) is 4.47. The van der Waals surface area contributed by atoms with E-state index in [9.17, 15) is 4.79 Å². The van der Waals surface area contributed by atoms with Gasteiger partial charge in [0.25, 0.3) is 0 Å². The van der Waals surface area contributed by atoms with Gasteiger partial charge in [0.05, 0.1) is 6.67 Å². The molecular weight excluding hydrogens is 152 g/mol. The predicted molar refractivity (Wildman–Crippen MR) is 48.7 cm³/mol. The van der Waals surface area contributed by atoms with Crippen molar-refractivity contribution in [2.24, 2.45) is 5.41 Å². The number of nitrogens with one attached hydrogen (secondary N) is 1. The van der Waals surface area contributed by atoms with Crippen LogP contribution in [0.2, 0.25) is 0 Å². The topological polar surface area (TPSA) is 32.3 Å². The largest absolute Gasteiger partial charge is 0.329 e. The van der Waals surface area contributed by atoms with Crippen molar-refractivity contribution < 1.29 is 4.79 Å². The fraction of sp³-hybridized carbons (Fsp3) is 0.889. The molecule has 1 aliphatic rings. The van der Waals surface area contributed by atoms with Crippen molar-refractivity contribution in [3.8, 4) is 0 Å². The van der Waals surface area contributed by atoms with Gasteiger partial charge in [0, 0.05) is 19.5 Å². The van der Waals surface area contributed by atoms with E-state index in [0.29, 0.717) is 6.42 Å². The third-order valence-electron chi connectivity index (χ3n) is 1.90. The van der Waals surface area contributed by atoms with Gasteiger partial charge < -0.3 is 4.90 Å². The van der Waals surface area contributed by atoms with Crippen LogP contribution < -0.4 is 5.32 Å². The number of nitrogens with zero attached hydrogens (tertiary/aromatic N) is 1. The molecule has 3 heteroatoms. The third kappa shape index (κ3) is 2.81. The standard InChI is InChI=1S/C9H18N2O/c1-9(2,3)6-8(12)11-5-4-10-7-11/h10H,4-7H2,1-3H3. The molecule has 1 amide bonds. The van der Waals surface area contributed by atoms with E-state index in [1.807, 2.05) is 4.90 Å². The van der Waals surface area contributed by atoms with Crippen LogP contribution in [0.25, 0.3) is 0 Å². The maximum Gasteiger partial charge on any atom is 0.224 e. The summed E-state index contributed by atoms with van der Waals surface area (Å²) in [5.41, 5.74) is 0.111. The minimum atomic E-state index is 0.111. The second-order valence-electron chi connectivity index (χ2n) is 4.55. The van der Waals surface area contributed by atoms with E-state index in [2.05, 4.69) is 26.1 Å². The molecule has 1 heterocycles. The first-order valence-corrected chi connectivity index (χ1v) is 4.47. The average molecular weight is 170 g/mol. The molecule has 0 saturated carbocycles. The van der Waals surface area contributed by atoms with Gasteiger partial charge in [-0.2, -0.15) is 0 Å². The van der Waals surface area contributed by atoms with E-state index in [4.69, 9.17) is 0 Å². The summed E-state index contributed by atoms with van der Waals surface area (Å²) < 4.78 is 0. The Morgan fingerprint density at radius 1 is 1.50 bits per heavy atom. The van der Waals surface area contributed by atoms with Crippen molar-refractivity contribution >= 4 is 5.91 Å². The van der Waals surface area contributed by atoms with Crippen LogP contribution in [0.1, 0.15) is 27.2 Å². The molecule has 1 rings (SSSR count). The van der Waals surface area contributed by atoms with Gasteiger partial charge in [-0.3, -0.25) is 10.1 Å².